The Morgan fingerprint density at radius 3 is 2.28 bits per heavy atom. The second kappa shape index (κ2) is 8.86. The van der Waals surface area contributed by atoms with Crippen molar-refractivity contribution in [3.8, 4) is 11.1 Å². The van der Waals surface area contributed by atoms with Gasteiger partial charge in [0, 0.05) is 23.6 Å². The van der Waals surface area contributed by atoms with Crippen molar-refractivity contribution in [2.24, 2.45) is 0 Å². The Hall–Kier alpha value is -3.00. The van der Waals surface area contributed by atoms with Crippen molar-refractivity contribution in [3.63, 3.8) is 0 Å². The van der Waals surface area contributed by atoms with Crippen molar-refractivity contribution in [2.45, 2.75) is 37.8 Å². The summed E-state index contributed by atoms with van der Waals surface area (Å²) in [6, 6.07) is 15.4. The van der Waals surface area contributed by atoms with Crippen molar-refractivity contribution >= 4 is 29.7 Å². The van der Waals surface area contributed by atoms with E-state index < -0.39 is 23.6 Å². The molecule has 2 amide bonds. The average Bonchev–Trinajstić information content (AvgIpc) is 3.35. The number of amides is 2. The lowest BCUT2D eigenvalue weighted by atomic mass is 9.98. The number of fused-ring (bicyclic) bond motifs is 3. The fourth-order valence-corrected chi connectivity index (χ4v) is 5.50. The van der Waals surface area contributed by atoms with Gasteiger partial charge in [-0.05, 0) is 36.1 Å². The van der Waals surface area contributed by atoms with E-state index in [1.807, 2.05) is 24.3 Å². The van der Waals surface area contributed by atoms with E-state index in [2.05, 4.69) is 29.6 Å². The molecule has 2 aliphatic rings. The molecule has 1 heterocycles. The van der Waals surface area contributed by atoms with Crippen LogP contribution in [0.3, 0.4) is 0 Å². The molecule has 0 radical (unpaired) electrons. The first kappa shape index (κ1) is 22.2. The standard InChI is InChI=1S/C24H26N2O5S/c1-24(2,11-21(27)26-14-32-13-20(26)22(28)29)25-23(30)31-12-19-17-9-5-3-7-15(17)16-8-4-6-10-18(16)19/h3-10,19-20H,11-14H2,1-2H3,(H,25,30)(H,28,29). The van der Waals surface area contributed by atoms with E-state index in [0.29, 0.717) is 11.6 Å². The minimum Gasteiger partial charge on any atom is -0.480 e. The van der Waals surface area contributed by atoms with E-state index in [1.54, 1.807) is 13.8 Å². The van der Waals surface area contributed by atoms with Gasteiger partial charge in [0.25, 0.3) is 0 Å². The van der Waals surface area contributed by atoms with Crippen LogP contribution in [0.1, 0.15) is 37.3 Å². The molecule has 0 saturated carbocycles. The highest BCUT2D eigenvalue weighted by atomic mass is 32.2. The zero-order chi connectivity index (χ0) is 22.9. The fourth-order valence-electron chi connectivity index (χ4n) is 4.33. The molecule has 0 bridgehead atoms. The van der Waals surface area contributed by atoms with Crippen LogP contribution < -0.4 is 5.32 Å². The number of thioether (sulfide) groups is 1. The smallest absolute Gasteiger partial charge is 0.407 e. The van der Waals surface area contributed by atoms with Crippen LogP contribution >= 0.6 is 11.8 Å². The van der Waals surface area contributed by atoms with E-state index in [4.69, 9.17) is 4.74 Å². The summed E-state index contributed by atoms with van der Waals surface area (Å²) < 4.78 is 5.57. The molecule has 7 nitrogen and oxygen atoms in total. The van der Waals surface area contributed by atoms with Crippen molar-refractivity contribution in [2.75, 3.05) is 18.2 Å². The highest BCUT2D eigenvalue weighted by Gasteiger charge is 2.37. The number of nitrogens with zero attached hydrogens (tertiary/aromatic N) is 1. The van der Waals surface area contributed by atoms with Gasteiger partial charge in [-0.2, -0.15) is 0 Å². The molecule has 1 aliphatic heterocycles. The lowest BCUT2D eigenvalue weighted by Crippen LogP contribution is -2.50. The number of ether oxygens (including phenoxy) is 1. The van der Waals surface area contributed by atoms with Gasteiger partial charge in [0.1, 0.15) is 12.6 Å². The molecule has 2 N–H and O–H groups in total. The van der Waals surface area contributed by atoms with Gasteiger partial charge in [-0.25, -0.2) is 9.59 Å². The van der Waals surface area contributed by atoms with E-state index in [1.165, 1.54) is 16.7 Å². The van der Waals surface area contributed by atoms with Crippen LogP contribution in [-0.2, 0) is 14.3 Å². The predicted molar refractivity (Wildman–Crippen MR) is 122 cm³/mol. The molecule has 0 spiro atoms. The number of hydrogen-bond donors (Lipinski definition) is 2. The zero-order valence-corrected chi connectivity index (χ0v) is 18.9. The van der Waals surface area contributed by atoms with Gasteiger partial charge in [0.2, 0.25) is 5.91 Å². The van der Waals surface area contributed by atoms with Crippen LogP contribution in [0.15, 0.2) is 48.5 Å². The van der Waals surface area contributed by atoms with Gasteiger partial charge < -0.3 is 20.1 Å². The molecule has 8 heteroatoms. The third-order valence-electron chi connectivity index (χ3n) is 5.87. The molecule has 1 saturated heterocycles. The van der Waals surface area contributed by atoms with Gasteiger partial charge in [0.15, 0.2) is 0 Å². The monoisotopic (exact) mass is 454 g/mol. The summed E-state index contributed by atoms with van der Waals surface area (Å²) in [5, 5.41) is 12.1. The maximum absolute atomic E-state index is 12.7. The number of alkyl carbamates (subject to hydrolysis) is 1. The number of aliphatic carboxylic acids is 1. The Morgan fingerprint density at radius 1 is 1.09 bits per heavy atom. The molecule has 168 valence electrons. The summed E-state index contributed by atoms with van der Waals surface area (Å²) in [4.78, 5) is 37.9. The second-order valence-electron chi connectivity index (χ2n) is 8.73. The quantitative estimate of drug-likeness (QED) is 0.691. The highest BCUT2D eigenvalue weighted by molar-refractivity contribution is 7.99. The maximum atomic E-state index is 12.7. The number of rotatable bonds is 6. The largest absolute Gasteiger partial charge is 0.480 e. The summed E-state index contributed by atoms with van der Waals surface area (Å²) in [7, 11) is 0. The van der Waals surface area contributed by atoms with Crippen LogP contribution in [0.2, 0.25) is 0 Å². The molecule has 1 unspecified atom stereocenters. The minimum atomic E-state index is -1.01. The molecule has 2 aromatic carbocycles. The summed E-state index contributed by atoms with van der Waals surface area (Å²) >= 11 is 1.41. The number of nitrogens with one attached hydrogen (secondary N) is 1. The van der Waals surface area contributed by atoms with Gasteiger partial charge in [-0.15, -0.1) is 11.8 Å². The lowest BCUT2D eigenvalue weighted by Gasteiger charge is -2.29. The first-order valence-electron chi connectivity index (χ1n) is 10.5. The molecular formula is C24H26N2O5S. The fraction of sp³-hybridized carbons (Fsp3) is 0.375. The van der Waals surface area contributed by atoms with Crippen LogP contribution in [-0.4, -0.2) is 57.8 Å². The first-order valence-corrected chi connectivity index (χ1v) is 11.7. The van der Waals surface area contributed by atoms with E-state index in [-0.39, 0.29) is 24.9 Å². The molecule has 0 aromatic heterocycles. The molecular weight excluding hydrogens is 428 g/mol. The Morgan fingerprint density at radius 2 is 1.69 bits per heavy atom. The van der Waals surface area contributed by atoms with Crippen LogP contribution in [0.5, 0.6) is 0 Å². The number of carbonyl (C=O) groups is 3. The van der Waals surface area contributed by atoms with Crippen LogP contribution in [0, 0.1) is 0 Å². The lowest BCUT2D eigenvalue weighted by molar-refractivity contribution is -0.148. The first-order chi connectivity index (χ1) is 15.3. The highest BCUT2D eigenvalue weighted by Crippen LogP contribution is 2.44. The topological polar surface area (TPSA) is 95.9 Å². The Balaban J connectivity index is 1.37. The summed E-state index contributed by atoms with van der Waals surface area (Å²) in [6.45, 7) is 3.64. The van der Waals surface area contributed by atoms with E-state index in [0.717, 1.165) is 22.3 Å². The second-order valence-corrected chi connectivity index (χ2v) is 9.73. The van der Waals surface area contributed by atoms with Gasteiger partial charge in [-0.3, -0.25) is 4.79 Å². The van der Waals surface area contributed by atoms with Crippen molar-refractivity contribution < 1.29 is 24.2 Å². The maximum Gasteiger partial charge on any atom is 0.407 e. The van der Waals surface area contributed by atoms with Gasteiger partial charge >= 0.3 is 12.1 Å². The SMILES string of the molecule is CC(C)(CC(=O)N1CSCC1C(=O)O)NC(=O)OCC1c2ccccc2-c2ccccc21. The Labute approximate surface area is 191 Å². The Bertz CT molecular complexity index is 1010. The summed E-state index contributed by atoms with van der Waals surface area (Å²) in [6.07, 6.45) is -0.614. The molecule has 2 aromatic rings. The van der Waals surface area contributed by atoms with E-state index >= 15 is 0 Å². The summed E-state index contributed by atoms with van der Waals surface area (Å²) in [5.74, 6) is -0.633. The third-order valence-corrected chi connectivity index (χ3v) is 6.88. The van der Waals surface area contributed by atoms with Crippen molar-refractivity contribution in [1.29, 1.82) is 0 Å². The van der Waals surface area contributed by atoms with E-state index in [9.17, 15) is 19.5 Å². The third kappa shape index (κ3) is 4.46. The summed E-state index contributed by atoms with van der Waals surface area (Å²) in [5.41, 5.74) is 3.68. The number of benzene rings is 2. The number of carbonyl (C=O) groups excluding carboxylic acids is 2. The van der Waals surface area contributed by atoms with Gasteiger partial charge in [0.05, 0.1) is 5.88 Å². The molecule has 1 fully saturated rings. The average molecular weight is 455 g/mol. The number of carboxylic acids is 1. The normalized spacial score (nSPS) is 17.6. The molecule has 4 rings (SSSR count). The molecule has 1 atom stereocenters. The molecule has 32 heavy (non-hydrogen) atoms. The number of hydrogen-bond acceptors (Lipinski definition) is 5. The zero-order valence-electron chi connectivity index (χ0n) is 18.0. The number of carboxylic acid groups (broad SMARTS) is 1. The molecule has 1 aliphatic carbocycles. The van der Waals surface area contributed by atoms with Crippen LogP contribution in [0.4, 0.5) is 4.79 Å². The van der Waals surface area contributed by atoms with Crippen molar-refractivity contribution in [3.05, 3.63) is 59.7 Å². The predicted octanol–water partition coefficient (Wildman–Crippen LogP) is 3.68. The van der Waals surface area contributed by atoms with Gasteiger partial charge in [-0.1, -0.05) is 48.5 Å². The Kier molecular flexibility index (Phi) is 6.15. The minimum absolute atomic E-state index is 0.0124. The van der Waals surface area contributed by atoms with Crippen molar-refractivity contribution in [1.82, 2.24) is 10.2 Å². The van der Waals surface area contributed by atoms with Crippen LogP contribution in [0.25, 0.3) is 11.1 Å².